The molecule has 0 saturated heterocycles. The van der Waals surface area contributed by atoms with Crippen molar-refractivity contribution in [3.63, 3.8) is 0 Å². The summed E-state index contributed by atoms with van der Waals surface area (Å²) in [6, 6.07) is 14.3. The Hall–Kier alpha value is -3.74. The number of para-hydroxylation sites is 1. The summed E-state index contributed by atoms with van der Waals surface area (Å²) in [7, 11) is 1.70. The molecule has 5 rings (SSSR count). The molecule has 0 amide bonds. The topological polar surface area (TPSA) is 99.2 Å². The smallest absolute Gasteiger partial charge is 0.227 e. The standard InChI is InChI=1S/C26H27N7OS/c1-32-11-10-17-8-9-20(12-18(17)15-32)29-26-28-14-19(13-27)24(30-26)22-16-33(2)25-21(22)6-5-7-23(25)31-35(3,4)34/h5-9,12,14,16H,10-11,15H2,1-4H3,(H,28,29,30). The van der Waals surface area contributed by atoms with Crippen LogP contribution in [0.2, 0.25) is 0 Å². The van der Waals surface area contributed by atoms with Gasteiger partial charge in [0, 0.05) is 65.2 Å². The number of fused-ring (bicyclic) bond motifs is 2. The summed E-state index contributed by atoms with van der Waals surface area (Å²) in [5.74, 6) is 0.422. The van der Waals surface area contributed by atoms with E-state index in [4.69, 9.17) is 4.98 Å². The van der Waals surface area contributed by atoms with Gasteiger partial charge >= 0.3 is 0 Å². The molecule has 0 atom stereocenters. The average Bonchev–Trinajstić information content (AvgIpc) is 3.15. The number of nitriles is 1. The number of hydrogen-bond donors (Lipinski definition) is 1. The maximum absolute atomic E-state index is 12.4. The van der Waals surface area contributed by atoms with Crippen molar-refractivity contribution in [1.82, 2.24) is 19.4 Å². The van der Waals surface area contributed by atoms with Gasteiger partial charge in [-0.05, 0) is 42.8 Å². The summed E-state index contributed by atoms with van der Waals surface area (Å²) >= 11 is 0. The van der Waals surface area contributed by atoms with Crippen LogP contribution in [0.5, 0.6) is 0 Å². The van der Waals surface area contributed by atoms with Gasteiger partial charge in [-0.25, -0.2) is 14.2 Å². The van der Waals surface area contributed by atoms with Crippen LogP contribution in [0.3, 0.4) is 0 Å². The molecule has 0 spiro atoms. The first-order chi connectivity index (χ1) is 16.7. The predicted molar refractivity (Wildman–Crippen MR) is 141 cm³/mol. The van der Waals surface area contributed by atoms with Gasteiger partial charge in [-0.15, -0.1) is 0 Å². The molecule has 35 heavy (non-hydrogen) atoms. The highest BCUT2D eigenvalue weighted by Crippen LogP contribution is 2.36. The Morgan fingerprint density at radius 1 is 1.17 bits per heavy atom. The van der Waals surface area contributed by atoms with E-state index in [-0.39, 0.29) is 0 Å². The number of hydrogen-bond acceptors (Lipinski definition) is 7. The van der Waals surface area contributed by atoms with Gasteiger partial charge < -0.3 is 14.8 Å². The Balaban J connectivity index is 1.58. The monoisotopic (exact) mass is 485 g/mol. The lowest BCUT2D eigenvalue weighted by Gasteiger charge is -2.25. The highest BCUT2D eigenvalue weighted by molar-refractivity contribution is 7.92. The zero-order valence-electron chi connectivity index (χ0n) is 20.2. The Kier molecular flexibility index (Phi) is 5.79. The lowest BCUT2D eigenvalue weighted by molar-refractivity contribution is 0.313. The summed E-state index contributed by atoms with van der Waals surface area (Å²) in [5.41, 5.74) is 6.79. The zero-order chi connectivity index (χ0) is 24.7. The number of anilines is 2. The van der Waals surface area contributed by atoms with Crippen molar-refractivity contribution in [1.29, 1.82) is 5.26 Å². The van der Waals surface area contributed by atoms with Crippen molar-refractivity contribution in [2.75, 3.05) is 31.4 Å². The van der Waals surface area contributed by atoms with Gasteiger partial charge in [-0.1, -0.05) is 18.2 Å². The van der Waals surface area contributed by atoms with Crippen molar-refractivity contribution in [2.24, 2.45) is 11.4 Å². The summed E-state index contributed by atoms with van der Waals surface area (Å²) in [6.07, 6.45) is 7.76. The minimum Gasteiger partial charge on any atom is -0.348 e. The van der Waals surface area contributed by atoms with Crippen molar-refractivity contribution in [2.45, 2.75) is 13.0 Å². The van der Waals surface area contributed by atoms with E-state index in [2.05, 4.69) is 44.8 Å². The first kappa shape index (κ1) is 23.0. The predicted octanol–water partition coefficient (Wildman–Crippen LogP) is 4.60. The van der Waals surface area contributed by atoms with Gasteiger partial charge in [-0.3, -0.25) is 0 Å². The molecule has 3 heterocycles. The summed E-state index contributed by atoms with van der Waals surface area (Å²) in [4.78, 5) is 11.4. The molecule has 0 radical (unpaired) electrons. The molecule has 0 unspecified atom stereocenters. The quantitative estimate of drug-likeness (QED) is 0.454. The van der Waals surface area contributed by atoms with E-state index < -0.39 is 9.73 Å². The molecule has 8 nitrogen and oxygen atoms in total. The van der Waals surface area contributed by atoms with Crippen molar-refractivity contribution in [3.8, 4) is 17.3 Å². The van der Waals surface area contributed by atoms with Crippen LogP contribution < -0.4 is 5.32 Å². The SMILES string of the molecule is CN1CCc2ccc(Nc3ncc(C#N)c(-c4cn(C)c5c(N=S(C)(C)=O)cccc45)n3)cc2C1. The Morgan fingerprint density at radius 3 is 2.77 bits per heavy atom. The van der Waals surface area contributed by atoms with Crippen LogP contribution in [0, 0.1) is 11.3 Å². The summed E-state index contributed by atoms with van der Waals surface area (Å²) in [5, 5.41) is 14.0. The third-order valence-electron chi connectivity index (χ3n) is 6.13. The van der Waals surface area contributed by atoms with E-state index in [9.17, 15) is 9.47 Å². The highest BCUT2D eigenvalue weighted by Gasteiger charge is 2.18. The van der Waals surface area contributed by atoms with Gasteiger partial charge in [0.15, 0.2) is 0 Å². The molecule has 2 aromatic heterocycles. The van der Waals surface area contributed by atoms with E-state index in [1.165, 1.54) is 11.1 Å². The number of aromatic nitrogens is 3. The molecule has 2 aromatic carbocycles. The van der Waals surface area contributed by atoms with Crippen molar-refractivity contribution < 1.29 is 4.21 Å². The largest absolute Gasteiger partial charge is 0.348 e. The summed E-state index contributed by atoms with van der Waals surface area (Å²) in [6.45, 7) is 1.98. The lowest BCUT2D eigenvalue weighted by Crippen LogP contribution is -2.26. The van der Waals surface area contributed by atoms with Crippen LogP contribution in [0.25, 0.3) is 22.2 Å². The molecule has 1 aliphatic heterocycles. The minimum atomic E-state index is -2.33. The Morgan fingerprint density at radius 2 is 2.00 bits per heavy atom. The molecular weight excluding hydrogens is 458 g/mol. The number of aryl methyl sites for hydroxylation is 1. The third kappa shape index (κ3) is 4.63. The number of benzene rings is 2. The van der Waals surface area contributed by atoms with E-state index in [0.717, 1.165) is 41.7 Å². The maximum atomic E-state index is 12.4. The number of nitrogens with one attached hydrogen (secondary N) is 1. The van der Waals surface area contributed by atoms with Crippen LogP contribution in [0.4, 0.5) is 17.3 Å². The summed E-state index contributed by atoms with van der Waals surface area (Å²) < 4.78 is 18.7. The first-order valence-corrected chi connectivity index (χ1v) is 13.6. The maximum Gasteiger partial charge on any atom is 0.227 e. The van der Waals surface area contributed by atoms with Gasteiger partial charge in [0.05, 0.1) is 28.7 Å². The fourth-order valence-corrected chi connectivity index (χ4v) is 5.20. The molecule has 1 N–H and O–H groups in total. The highest BCUT2D eigenvalue weighted by atomic mass is 32.2. The molecule has 4 aromatic rings. The third-order valence-corrected chi connectivity index (χ3v) is 6.76. The van der Waals surface area contributed by atoms with Crippen LogP contribution in [0.1, 0.15) is 16.7 Å². The van der Waals surface area contributed by atoms with Gasteiger partial charge in [0.25, 0.3) is 0 Å². The van der Waals surface area contributed by atoms with Crippen LogP contribution in [0.15, 0.2) is 53.2 Å². The molecule has 0 saturated carbocycles. The molecule has 0 aliphatic carbocycles. The van der Waals surface area contributed by atoms with E-state index in [0.29, 0.717) is 22.9 Å². The van der Waals surface area contributed by atoms with E-state index >= 15 is 0 Å². The fraction of sp³-hybridized carbons (Fsp3) is 0.269. The van der Waals surface area contributed by atoms with Gasteiger partial charge in [0.2, 0.25) is 5.95 Å². The number of rotatable bonds is 4. The molecule has 0 bridgehead atoms. The first-order valence-electron chi connectivity index (χ1n) is 11.3. The van der Waals surface area contributed by atoms with Gasteiger partial charge in [0.1, 0.15) is 6.07 Å². The van der Waals surface area contributed by atoms with E-state index in [1.807, 2.05) is 42.1 Å². The van der Waals surface area contributed by atoms with Crippen molar-refractivity contribution >= 4 is 38.0 Å². The van der Waals surface area contributed by atoms with Crippen molar-refractivity contribution in [3.05, 3.63) is 65.5 Å². The fourth-order valence-electron chi connectivity index (χ4n) is 4.58. The zero-order valence-corrected chi connectivity index (χ0v) is 21.1. The molecule has 9 heteroatoms. The van der Waals surface area contributed by atoms with E-state index in [1.54, 1.807) is 18.7 Å². The molecule has 1 aliphatic rings. The Bertz CT molecular complexity index is 1610. The van der Waals surface area contributed by atoms with Gasteiger partial charge in [-0.2, -0.15) is 9.62 Å². The molecular formula is C26H27N7OS. The second kappa shape index (κ2) is 8.80. The van der Waals surface area contributed by atoms with Crippen LogP contribution >= 0.6 is 0 Å². The number of likely N-dealkylation sites (N-methyl/N-ethyl adjacent to an activating group) is 1. The van der Waals surface area contributed by atoms with Crippen LogP contribution in [-0.4, -0.2) is 49.7 Å². The molecule has 178 valence electrons. The normalized spacial score (nSPS) is 13.9. The lowest BCUT2D eigenvalue weighted by atomic mass is 9.99. The minimum absolute atomic E-state index is 0.382. The number of nitrogens with zero attached hydrogens (tertiary/aromatic N) is 6. The average molecular weight is 486 g/mol. The molecule has 0 fully saturated rings. The second-order valence-electron chi connectivity index (χ2n) is 9.26. The Labute approximate surface area is 205 Å². The van der Waals surface area contributed by atoms with Crippen LogP contribution in [-0.2, 0) is 29.7 Å². The second-order valence-corrected chi connectivity index (χ2v) is 11.8.